The Morgan fingerprint density at radius 1 is 1.50 bits per heavy atom. The molecule has 5 heteroatoms. The SMILES string of the molecule is CCC(C)C(NC(=O)C1NCCCC1C)C(=O)O. The van der Waals surface area contributed by atoms with E-state index in [4.69, 9.17) is 5.11 Å². The molecular formula is C13H24N2O3. The van der Waals surface area contributed by atoms with Crippen LogP contribution in [0.2, 0.25) is 0 Å². The van der Waals surface area contributed by atoms with Gasteiger partial charge in [0.25, 0.3) is 0 Å². The molecule has 104 valence electrons. The lowest BCUT2D eigenvalue weighted by molar-refractivity contribution is -0.144. The van der Waals surface area contributed by atoms with Gasteiger partial charge in [-0.15, -0.1) is 0 Å². The number of carbonyl (C=O) groups is 2. The fourth-order valence-electron chi connectivity index (χ4n) is 2.33. The third-order valence-corrected chi connectivity index (χ3v) is 3.83. The van der Waals surface area contributed by atoms with Crippen molar-refractivity contribution >= 4 is 11.9 Å². The number of rotatable bonds is 5. The van der Waals surface area contributed by atoms with Crippen molar-refractivity contribution in [2.45, 2.75) is 52.1 Å². The molecule has 3 N–H and O–H groups in total. The van der Waals surface area contributed by atoms with Crippen molar-refractivity contribution in [3.05, 3.63) is 0 Å². The van der Waals surface area contributed by atoms with Crippen molar-refractivity contribution < 1.29 is 14.7 Å². The second kappa shape index (κ2) is 6.73. The third kappa shape index (κ3) is 3.70. The first-order chi connectivity index (χ1) is 8.47. The van der Waals surface area contributed by atoms with Crippen LogP contribution in [0.25, 0.3) is 0 Å². The highest BCUT2D eigenvalue weighted by Crippen LogP contribution is 2.16. The number of nitrogens with one attached hydrogen (secondary N) is 2. The zero-order valence-corrected chi connectivity index (χ0v) is 11.4. The number of carboxylic acids is 1. The lowest BCUT2D eigenvalue weighted by atomic mass is 9.91. The van der Waals surface area contributed by atoms with Crippen LogP contribution < -0.4 is 10.6 Å². The summed E-state index contributed by atoms with van der Waals surface area (Å²) in [6.45, 7) is 6.62. The van der Waals surface area contributed by atoms with E-state index in [2.05, 4.69) is 10.6 Å². The average molecular weight is 256 g/mol. The van der Waals surface area contributed by atoms with Gasteiger partial charge in [0, 0.05) is 0 Å². The van der Waals surface area contributed by atoms with Crippen molar-refractivity contribution in [1.82, 2.24) is 10.6 Å². The molecule has 1 aliphatic rings. The van der Waals surface area contributed by atoms with E-state index >= 15 is 0 Å². The molecule has 0 aromatic heterocycles. The molecule has 1 fully saturated rings. The van der Waals surface area contributed by atoms with Gasteiger partial charge >= 0.3 is 5.97 Å². The number of carboxylic acid groups (broad SMARTS) is 1. The Labute approximate surface area is 108 Å². The highest BCUT2D eigenvalue weighted by atomic mass is 16.4. The monoisotopic (exact) mass is 256 g/mol. The Morgan fingerprint density at radius 2 is 2.17 bits per heavy atom. The molecule has 0 radical (unpaired) electrons. The zero-order valence-electron chi connectivity index (χ0n) is 11.4. The van der Waals surface area contributed by atoms with E-state index in [9.17, 15) is 9.59 Å². The van der Waals surface area contributed by atoms with Crippen molar-refractivity contribution in [2.75, 3.05) is 6.54 Å². The van der Waals surface area contributed by atoms with Gasteiger partial charge in [-0.2, -0.15) is 0 Å². The number of hydrogen-bond donors (Lipinski definition) is 3. The fourth-order valence-corrected chi connectivity index (χ4v) is 2.33. The van der Waals surface area contributed by atoms with Crippen LogP contribution in [-0.4, -0.2) is 35.6 Å². The number of aliphatic carboxylic acids is 1. The Morgan fingerprint density at radius 3 is 2.67 bits per heavy atom. The maximum absolute atomic E-state index is 12.1. The van der Waals surface area contributed by atoms with Crippen LogP contribution in [0.1, 0.15) is 40.0 Å². The first kappa shape index (κ1) is 15.0. The second-order valence-corrected chi connectivity index (χ2v) is 5.26. The number of amides is 1. The predicted octanol–water partition coefficient (Wildman–Crippen LogP) is 0.990. The van der Waals surface area contributed by atoms with E-state index in [1.54, 1.807) is 0 Å². The van der Waals surface area contributed by atoms with Gasteiger partial charge in [0.1, 0.15) is 6.04 Å². The molecule has 1 heterocycles. The molecule has 0 aromatic rings. The van der Waals surface area contributed by atoms with Gasteiger partial charge in [0.05, 0.1) is 6.04 Å². The summed E-state index contributed by atoms with van der Waals surface area (Å²) >= 11 is 0. The van der Waals surface area contributed by atoms with Gasteiger partial charge in [-0.05, 0) is 31.2 Å². The zero-order chi connectivity index (χ0) is 13.7. The first-order valence-electron chi connectivity index (χ1n) is 6.74. The van der Waals surface area contributed by atoms with Crippen molar-refractivity contribution in [2.24, 2.45) is 11.8 Å². The third-order valence-electron chi connectivity index (χ3n) is 3.83. The molecule has 4 unspecified atom stereocenters. The van der Waals surface area contributed by atoms with Crippen LogP contribution in [0.4, 0.5) is 0 Å². The van der Waals surface area contributed by atoms with E-state index in [1.807, 2.05) is 20.8 Å². The minimum atomic E-state index is -0.957. The first-order valence-corrected chi connectivity index (χ1v) is 6.74. The molecule has 1 rings (SSSR count). The summed E-state index contributed by atoms with van der Waals surface area (Å²) in [5.41, 5.74) is 0. The highest BCUT2D eigenvalue weighted by Gasteiger charge is 2.32. The topological polar surface area (TPSA) is 78.4 Å². The van der Waals surface area contributed by atoms with E-state index in [0.29, 0.717) is 0 Å². The summed E-state index contributed by atoms with van der Waals surface area (Å²) in [6.07, 6.45) is 2.80. The average Bonchev–Trinajstić information content (AvgIpc) is 2.35. The smallest absolute Gasteiger partial charge is 0.326 e. The van der Waals surface area contributed by atoms with Gasteiger partial charge in [0.2, 0.25) is 5.91 Å². The van der Waals surface area contributed by atoms with Gasteiger partial charge in [-0.25, -0.2) is 4.79 Å². The molecule has 0 aromatic carbocycles. The number of piperidine rings is 1. The van der Waals surface area contributed by atoms with E-state index in [-0.39, 0.29) is 23.8 Å². The summed E-state index contributed by atoms with van der Waals surface area (Å²) in [7, 11) is 0. The predicted molar refractivity (Wildman–Crippen MR) is 69.2 cm³/mol. The largest absolute Gasteiger partial charge is 0.480 e. The highest BCUT2D eigenvalue weighted by molar-refractivity contribution is 5.87. The minimum absolute atomic E-state index is 0.0645. The summed E-state index contributed by atoms with van der Waals surface area (Å²) < 4.78 is 0. The van der Waals surface area contributed by atoms with Gasteiger partial charge < -0.3 is 15.7 Å². The Kier molecular flexibility index (Phi) is 5.59. The molecule has 18 heavy (non-hydrogen) atoms. The molecule has 0 saturated carbocycles. The molecule has 0 spiro atoms. The van der Waals surface area contributed by atoms with Crippen LogP contribution in [0, 0.1) is 11.8 Å². The molecule has 1 saturated heterocycles. The summed E-state index contributed by atoms with van der Waals surface area (Å²) in [5.74, 6) is -0.952. The van der Waals surface area contributed by atoms with Crippen LogP contribution in [0.3, 0.4) is 0 Å². The number of hydrogen-bond acceptors (Lipinski definition) is 3. The van der Waals surface area contributed by atoms with E-state index < -0.39 is 12.0 Å². The van der Waals surface area contributed by atoms with Gasteiger partial charge in [0.15, 0.2) is 0 Å². The van der Waals surface area contributed by atoms with Crippen molar-refractivity contribution in [1.29, 1.82) is 0 Å². The lowest BCUT2D eigenvalue weighted by Crippen LogP contribution is -2.55. The summed E-state index contributed by atoms with van der Waals surface area (Å²) in [6, 6.07) is -1.05. The Hall–Kier alpha value is -1.10. The maximum atomic E-state index is 12.1. The van der Waals surface area contributed by atoms with Gasteiger partial charge in [-0.3, -0.25) is 4.79 Å². The minimum Gasteiger partial charge on any atom is -0.480 e. The molecule has 0 aliphatic carbocycles. The van der Waals surface area contributed by atoms with E-state index in [0.717, 1.165) is 25.8 Å². The fraction of sp³-hybridized carbons (Fsp3) is 0.846. The lowest BCUT2D eigenvalue weighted by Gasteiger charge is -2.31. The second-order valence-electron chi connectivity index (χ2n) is 5.26. The molecule has 0 bridgehead atoms. The Bertz CT molecular complexity index is 307. The van der Waals surface area contributed by atoms with E-state index in [1.165, 1.54) is 0 Å². The Balaban J connectivity index is 2.63. The normalized spacial score (nSPS) is 27.3. The van der Waals surface area contributed by atoms with Crippen LogP contribution in [0.5, 0.6) is 0 Å². The molecule has 4 atom stereocenters. The molecular weight excluding hydrogens is 232 g/mol. The van der Waals surface area contributed by atoms with Gasteiger partial charge in [-0.1, -0.05) is 27.2 Å². The quantitative estimate of drug-likeness (QED) is 0.685. The van der Waals surface area contributed by atoms with Crippen molar-refractivity contribution in [3.63, 3.8) is 0 Å². The molecule has 1 aliphatic heterocycles. The standard InChI is InChI=1S/C13H24N2O3/c1-4-8(2)11(13(17)18)15-12(16)10-9(3)6-5-7-14-10/h8-11,14H,4-7H2,1-3H3,(H,15,16)(H,17,18). The number of carbonyl (C=O) groups excluding carboxylic acids is 1. The van der Waals surface area contributed by atoms with Crippen LogP contribution in [0.15, 0.2) is 0 Å². The van der Waals surface area contributed by atoms with Crippen molar-refractivity contribution in [3.8, 4) is 0 Å². The summed E-state index contributed by atoms with van der Waals surface area (Å²) in [5, 5.41) is 15.0. The molecule has 1 amide bonds. The maximum Gasteiger partial charge on any atom is 0.326 e. The molecule has 5 nitrogen and oxygen atoms in total. The van der Waals surface area contributed by atoms with Crippen LogP contribution >= 0.6 is 0 Å². The summed E-state index contributed by atoms with van der Waals surface area (Å²) in [4.78, 5) is 23.3. The van der Waals surface area contributed by atoms with Crippen LogP contribution in [-0.2, 0) is 9.59 Å².